The number of carbonyl (C=O) groups excluding carboxylic acids is 1. The summed E-state index contributed by atoms with van der Waals surface area (Å²) < 4.78 is 26.2. The van der Waals surface area contributed by atoms with Crippen LogP contribution in [0.15, 0.2) is 30.3 Å². The summed E-state index contributed by atoms with van der Waals surface area (Å²) in [4.78, 5) is 12.1. The number of benzene rings is 1. The highest BCUT2D eigenvalue weighted by atomic mass is 19.3. The van der Waals surface area contributed by atoms with E-state index in [1.165, 1.54) is 5.56 Å². The number of halogens is 2. The fourth-order valence-electron chi connectivity index (χ4n) is 3.27. The molecule has 19 heavy (non-hydrogen) atoms. The Balaban J connectivity index is 1.53. The first-order valence-electron chi connectivity index (χ1n) is 7.01. The molecule has 3 unspecified atom stereocenters. The van der Waals surface area contributed by atoms with Gasteiger partial charge in [0, 0.05) is 25.2 Å². The second-order valence-corrected chi connectivity index (χ2v) is 5.99. The first-order chi connectivity index (χ1) is 9.05. The van der Waals surface area contributed by atoms with Crippen molar-refractivity contribution in [2.75, 3.05) is 0 Å². The second kappa shape index (κ2) is 4.69. The summed E-state index contributed by atoms with van der Waals surface area (Å²) in [6, 6.07) is 10.0. The minimum absolute atomic E-state index is 0.0439. The van der Waals surface area contributed by atoms with Gasteiger partial charge in [-0.05, 0) is 30.2 Å². The molecule has 1 nitrogen and oxygen atoms in total. The lowest BCUT2D eigenvalue weighted by Crippen LogP contribution is -2.13. The van der Waals surface area contributed by atoms with E-state index < -0.39 is 5.92 Å². The predicted molar refractivity (Wildman–Crippen MR) is 69.2 cm³/mol. The molecule has 2 fully saturated rings. The van der Waals surface area contributed by atoms with Crippen LogP contribution in [0.5, 0.6) is 0 Å². The molecule has 3 atom stereocenters. The number of hydrogen-bond acceptors (Lipinski definition) is 1. The highest BCUT2D eigenvalue weighted by Gasteiger charge is 2.46. The molecule has 0 spiro atoms. The third-order valence-corrected chi connectivity index (χ3v) is 4.43. The molecule has 2 aliphatic carbocycles. The van der Waals surface area contributed by atoms with Gasteiger partial charge in [0.25, 0.3) is 0 Å². The smallest absolute Gasteiger partial charge is 0.248 e. The van der Waals surface area contributed by atoms with Gasteiger partial charge in [-0.1, -0.05) is 30.3 Å². The first kappa shape index (κ1) is 12.8. The first-order valence-corrected chi connectivity index (χ1v) is 7.01. The van der Waals surface area contributed by atoms with E-state index in [2.05, 4.69) is 0 Å². The Morgan fingerprint density at radius 2 is 2.00 bits per heavy atom. The van der Waals surface area contributed by atoms with Crippen molar-refractivity contribution in [3.8, 4) is 0 Å². The normalized spacial score (nSPS) is 32.2. The number of Topliss-reactive ketones (excluding diaryl/α,β-unsaturated/α-hetero) is 1. The highest BCUT2D eigenvalue weighted by Crippen LogP contribution is 2.50. The molecule has 0 bridgehead atoms. The summed E-state index contributed by atoms with van der Waals surface area (Å²) in [5.74, 6) is -2.03. The van der Waals surface area contributed by atoms with Crippen molar-refractivity contribution in [3.63, 3.8) is 0 Å². The molecule has 0 heterocycles. The van der Waals surface area contributed by atoms with Gasteiger partial charge in [-0.3, -0.25) is 4.79 Å². The van der Waals surface area contributed by atoms with Gasteiger partial charge in [-0.25, -0.2) is 8.78 Å². The van der Waals surface area contributed by atoms with E-state index in [1.807, 2.05) is 30.3 Å². The number of rotatable bonds is 4. The fourth-order valence-corrected chi connectivity index (χ4v) is 3.27. The zero-order valence-electron chi connectivity index (χ0n) is 10.8. The molecule has 0 aliphatic heterocycles. The maximum Gasteiger partial charge on any atom is 0.248 e. The summed E-state index contributed by atoms with van der Waals surface area (Å²) in [5, 5.41) is 0. The van der Waals surface area contributed by atoms with E-state index in [9.17, 15) is 13.6 Å². The Bertz CT molecular complexity index is 469. The standard InChI is InChI=1S/C16H18F2O/c17-16(18)7-6-11(10-16)8-15(19)14-9-13(14)12-4-2-1-3-5-12/h1-5,11,13-14H,6-10H2. The van der Waals surface area contributed by atoms with Crippen LogP contribution < -0.4 is 0 Å². The van der Waals surface area contributed by atoms with Gasteiger partial charge in [-0.2, -0.15) is 0 Å². The van der Waals surface area contributed by atoms with Crippen LogP contribution in [0.25, 0.3) is 0 Å². The molecule has 3 rings (SSSR count). The molecule has 3 heteroatoms. The van der Waals surface area contributed by atoms with Crippen LogP contribution in [-0.4, -0.2) is 11.7 Å². The van der Waals surface area contributed by atoms with E-state index in [1.54, 1.807) is 0 Å². The summed E-state index contributed by atoms with van der Waals surface area (Å²) in [5.41, 5.74) is 1.21. The van der Waals surface area contributed by atoms with Gasteiger partial charge in [-0.15, -0.1) is 0 Å². The van der Waals surface area contributed by atoms with Gasteiger partial charge in [0.1, 0.15) is 5.78 Å². The third-order valence-electron chi connectivity index (χ3n) is 4.43. The monoisotopic (exact) mass is 264 g/mol. The molecule has 102 valence electrons. The molecule has 0 saturated heterocycles. The Kier molecular flexibility index (Phi) is 3.15. The van der Waals surface area contributed by atoms with Crippen molar-refractivity contribution < 1.29 is 13.6 Å². The van der Waals surface area contributed by atoms with E-state index in [0.717, 1.165) is 6.42 Å². The summed E-state index contributed by atoms with van der Waals surface area (Å²) in [6.45, 7) is 0. The second-order valence-electron chi connectivity index (χ2n) is 5.99. The van der Waals surface area contributed by atoms with Crippen LogP contribution in [0, 0.1) is 11.8 Å². The maximum atomic E-state index is 13.1. The minimum atomic E-state index is -2.53. The molecular weight excluding hydrogens is 246 g/mol. The summed E-state index contributed by atoms with van der Waals surface area (Å²) >= 11 is 0. The summed E-state index contributed by atoms with van der Waals surface area (Å²) in [6.07, 6.45) is 1.61. The quantitative estimate of drug-likeness (QED) is 0.797. The van der Waals surface area contributed by atoms with Crippen LogP contribution in [-0.2, 0) is 4.79 Å². The summed E-state index contributed by atoms with van der Waals surface area (Å²) in [7, 11) is 0. The molecular formula is C16H18F2O. The van der Waals surface area contributed by atoms with Crippen LogP contribution in [0.1, 0.15) is 43.6 Å². The van der Waals surface area contributed by atoms with Crippen LogP contribution in [0.2, 0.25) is 0 Å². The van der Waals surface area contributed by atoms with Gasteiger partial charge in [0.15, 0.2) is 0 Å². The van der Waals surface area contributed by atoms with Gasteiger partial charge in [0.2, 0.25) is 5.92 Å². The van der Waals surface area contributed by atoms with E-state index in [-0.39, 0.29) is 30.5 Å². The van der Waals surface area contributed by atoms with Crippen molar-refractivity contribution in [1.29, 1.82) is 0 Å². The molecule has 1 aromatic rings. The number of ketones is 1. The Morgan fingerprint density at radius 3 is 2.63 bits per heavy atom. The zero-order valence-corrected chi connectivity index (χ0v) is 10.8. The van der Waals surface area contributed by atoms with E-state index in [0.29, 0.717) is 18.8 Å². The van der Waals surface area contributed by atoms with E-state index in [4.69, 9.17) is 0 Å². The third kappa shape index (κ3) is 2.85. The lowest BCUT2D eigenvalue weighted by atomic mass is 9.97. The van der Waals surface area contributed by atoms with Crippen LogP contribution in [0.3, 0.4) is 0 Å². The van der Waals surface area contributed by atoms with Crippen LogP contribution in [0.4, 0.5) is 8.78 Å². The fraction of sp³-hybridized carbons (Fsp3) is 0.562. The van der Waals surface area contributed by atoms with Crippen molar-refractivity contribution >= 4 is 5.78 Å². The minimum Gasteiger partial charge on any atom is -0.299 e. The van der Waals surface area contributed by atoms with E-state index >= 15 is 0 Å². The molecule has 0 amide bonds. The molecule has 2 saturated carbocycles. The molecule has 2 aliphatic rings. The SMILES string of the molecule is O=C(CC1CCC(F)(F)C1)C1CC1c1ccccc1. The van der Waals surface area contributed by atoms with Gasteiger partial charge in [0.05, 0.1) is 0 Å². The molecule has 0 aromatic heterocycles. The Labute approximate surface area is 112 Å². The molecule has 0 radical (unpaired) electrons. The average Bonchev–Trinajstić information content (AvgIpc) is 3.11. The number of hydrogen-bond donors (Lipinski definition) is 0. The molecule has 1 aromatic carbocycles. The number of alkyl halides is 2. The van der Waals surface area contributed by atoms with Crippen LogP contribution >= 0.6 is 0 Å². The highest BCUT2D eigenvalue weighted by molar-refractivity contribution is 5.85. The van der Waals surface area contributed by atoms with Crippen molar-refractivity contribution in [2.24, 2.45) is 11.8 Å². The van der Waals surface area contributed by atoms with Crippen molar-refractivity contribution in [3.05, 3.63) is 35.9 Å². The zero-order chi connectivity index (χ0) is 13.5. The average molecular weight is 264 g/mol. The lowest BCUT2D eigenvalue weighted by molar-refractivity contribution is -0.121. The Hall–Kier alpha value is -1.25. The maximum absolute atomic E-state index is 13.1. The topological polar surface area (TPSA) is 17.1 Å². The Morgan fingerprint density at radius 1 is 1.26 bits per heavy atom. The number of carbonyl (C=O) groups is 1. The van der Waals surface area contributed by atoms with Gasteiger partial charge < -0.3 is 0 Å². The lowest BCUT2D eigenvalue weighted by Gasteiger charge is -2.09. The molecule has 0 N–H and O–H groups in total. The largest absolute Gasteiger partial charge is 0.299 e. The predicted octanol–water partition coefficient (Wildman–Crippen LogP) is 4.18. The van der Waals surface area contributed by atoms with Crippen molar-refractivity contribution in [1.82, 2.24) is 0 Å². The van der Waals surface area contributed by atoms with Crippen molar-refractivity contribution in [2.45, 2.75) is 43.9 Å². The van der Waals surface area contributed by atoms with Gasteiger partial charge >= 0.3 is 0 Å².